The van der Waals surface area contributed by atoms with Gasteiger partial charge < -0.3 is 11.1 Å². The monoisotopic (exact) mass is 356 g/mol. The highest BCUT2D eigenvalue weighted by Crippen LogP contribution is 2.22. The summed E-state index contributed by atoms with van der Waals surface area (Å²) in [5, 5.41) is 7.13. The van der Waals surface area contributed by atoms with Crippen molar-refractivity contribution in [3.8, 4) is 0 Å². The fourth-order valence-electron chi connectivity index (χ4n) is 2.00. The highest BCUT2D eigenvalue weighted by Gasteiger charge is 2.18. The van der Waals surface area contributed by atoms with Gasteiger partial charge in [0.15, 0.2) is 0 Å². The zero-order valence-electron chi connectivity index (χ0n) is 11.4. The minimum atomic E-state index is -0.173. The van der Waals surface area contributed by atoms with Crippen LogP contribution in [0.25, 0.3) is 0 Å². The number of aromatic nitrogens is 2. The number of carbonyl (C=O) groups is 1. The van der Waals surface area contributed by atoms with Gasteiger partial charge in [-0.2, -0.15) is 5.10 Å². The molecular formula is C13H17BrN4OS. The molecule has 2 heterocycles. The third-order valence-electron chi connectivity index (χ3n) is 3.00. The van der Waals surface area contributed by atoms with E-state index in [1.54, 1.807) is 23.1 Å². The first-order chi connectivity index (χ1) is 9.52. The first kappa shape index (κ1) is 15.1. The van der Waals surface area contributed by atoms with Crippen LogP contribution in [0.5, 0.6) is 0 Å². The zero-order valence-corrected chi connectivity index (χ0v) is 13.8. The van der Waals surface area contributed by atoms with Gasteiger partial charge in [-0.05, 0) is 40.9 Å². The summed E-state index contributed by atoms with van der Waals surface area (Å²) >= 11 is 5.09. The van der Waals surface area contributed by atoms with E-state index in [4.69, 9.17) is 5.73 Å². The molecule has 0 aromatic carbocycles. The third-order valence-corrected chi connectivity index (χ3v) is 4.68. The standard InChI is InChI=1S/C13H17BrN4OS/c1-3-9-11(15)12(18(2)17-9)13(19)16-7-6-8-4-5-10(14)20-8/h4-5H,3,6-7,15H2,1-2H3,(H,16,19). The Labute approximate surface area is 130 Å². The number of rotatable bonds is 5. The van der Waals surface area contributed by atoms with Gasteiger partial charge in [0.2, 0.25) is 0 Å². The van der Waals surface area contributed by atoms with E-state index in [0.29, 0.717) is 17.9 Å². The normalized spacial score (nSPS) is 10.8. The Hall–Kier alpha value is -1.34. The molecule has 5 nitrogen and oxygen atoms in total. The summed E-state index contributed by atoms with van der Waals surface area (Å²) in [6.07, 6.45) is 1.52. The van der Waals surface area contributed by atoms with Crippen molar-refractivity contribution in [3.05, 3.63) is 32.2 Å². The van der Waals surface area contributed by atoms with Gasteiger partial charge in [-0.15, -0.1) is 11.3 Å². The molecule has 2 aromatic heterocycles. The maximum atomic E-state index is 12.2. The number of anilines is 1. The quantitative estimate of drug-likeness (QED) is 0.863. The molecule has 3 N–H and O–H groups in total. The molecule has 2 rings (SSSR count). The van der Waals surface area contributed by atoms with Crippen LogP contribution in [-0.2, 0) is 19.9 Å². The van der Waals surface area contributed by atoms with E-state index in [0.717, 1.165) is 22.3 Å². The van der Waals surface area contributed by atoms with Crippen molar-refractivity contribution < 1.29 is 4.79 Å². The number of amides is 1. The summed E-state index contributed by atoms with van der Waals surface area (Å²) in [5.41, 5.74) is 7.63. The van der Waals surface area contributed by atoms with Gasteiger partial charge in [0, 0.05) is 18.5 Å². The molecule has 0 saturated carbocycles. The largest absolute Gasteiger partial charge is 0.395 e. The topological polar surface area (TPSA) is 72.9 Å². The SMILES string of the molecule is CCc1nn(C)c(C(=O)NCCc2ccc(Br)s2)c1N. The lowest BCUT2D eigenvalue weighted by molar-refractivity contribution is 0.0946. The summed E-state index contributed by atoms with van der Waals surface area (Å²) in [7, 11) is 1.74. The molecule has 1 amide bonds. The molecule has 0 aliphatic heterocycles. The van der Waals surface area contributed by atoms with E-state index in [-0.39, 0.29) is 5.91 Å². The molecule has 0 saturated heterocycles. The summed E-state index contributed by atoms with van der Waals surface area (Å²) in [6.45, 7) is 2.55. The Balaban J connectivity index is 1.97. The third kappa shape index (κ3) is 3.21. The molecule has 0 bridgehead atoms. The van der Waals surface area contributed by atoms with Gasteiger partial charge in [0.1, 0.15) is 5.69 Å². The van der Waals surface area contributed by atoms with E-state index in [1.165, 1.54) is 4.88 Å². The fraction of sp³-hybridized carbons (Fsp3) is 0.385. The first-order valence-corrected chi connectivity index (χ1v) is 7.97. The minimum Gasteiger partial charge on any atom is -0.395 e. The van der Waals surface area contributed by atoms with Crippen LogP contribution in [0.15, 0.2) is 15.9 Å². The van der Waals surface area contributed by atoms with Crippen molar-refractivity contribution in [1.29, 1.82) is 0 Å². The van der Waals surface area contributed by atoms with Crippen LogP contribution in [0, 0.1) is 0 Å². The second kappa shape index (κ2) is 6.41. The van der Waals surface area contributed by atoms with Crippen molar-refractivity contribution in [2.45, 2.75) is 19.8 Å². The van der Waals surface area contributed by atoms with E-state index in [2.05, 4.69) is 32.4 Å². The Morgan fingerprint density at radius 3 is 2.85 bits per heavy atom. The van der Waals surface area contributed by atoms with Crippen LogP contribution >= 0.6 is 27.3 Å². The van der Waals surface area contributed by atoms with Crippen LogP contribution < -0.4 is 11.1 Å². The van der Waals surface area contributed by atoms with E-state index in [1.807, 2.05) is 13.0 Å². The highest BCUT2D eigenvalue weighted by molar-refractivity contribution is 9.11. The Morgan fingerprint density at radius 1 is 1.55 bits per heavy atom. The van der Waals surface area contributed by atoms with Gasteiger partial charge in [-0.3, -0.25) is 9.48 Å². The fourth-order valence-corrected chi connectivity index (χ4v) is 3.48. The number of aryl methyl sites for hydroxylation is 2. The van der Waals surface area contributed by atoms with Crippen LogP contribution in [-0.4, -0.2) is 22.2 Å². The Bertz CT molecular complexity index is 620. The zero-order chi connectivity index (χ0) is 14.7. The van der Waals surface area contributed by atoms with Crippen LogP contribution in [0.2, 0.25) is 0 Å². The molecule has 0 aliphatic carbocycles. The summed E-state index contributed by atoms with van der Waals surface area (Å²) in [4.78, 5) is 13.4. The molecule has 20 heavy (non-hydrogen) atoms. The molecular weight excluding hydrogens is 340 g/mol. The number of nitrogens with two attached hydrogens (primary N) is 1. The molecule has 0 atom stereocenters. The Kier molecular flexibility index (Phi) is 4.82. The molecule has 0 unspecified atom stereocenters. The second-order valence-corrected chi connectivity index (χ2v) is 6.95. The van der Waals surface area contributed by atoms with Gasteiger partial charge in [0.05, 0.1) is 15.2 Å². The molecule has 0 fully saturated rings. The van der Waals surface area contributed by atoms with Crippen LogP contribution in [0.1, 0.15) is 28.0 Å². The van der Waals surface area contributed by atoms with Gasteiger partial charge >= 0.3 is 0 Å². The van der Waals surface area contributed by atoms with Crippen molar-refractivity contribution >= 4 is 38.9 Å². The average Bonchev–Trinajstić information content (AvgIpc) is 2.93. The smallest absolute Gasteiger partial charge is 0.271 e. The number of thiophene rings is 1. The van der Waals surface area contributed by atoms with E-state index in [9.17, 15) is 4.79 Å². The van der Waals surface area contributed by atoms with E-state index >= 15 is 0 Å². The summed E-state index contributed by atoms with van der Waals surface area (Å²) in [5.74, 6) is -0.173. The number of nitrogens with one attached hydrogen (secondary N) is 1. The number of hydrogen-bond acceptors (Lipinski definition) is 4. The van der Waals surface area contributed by atoms with Crippen LogP contribution in [0.4, 0.5) is 5.69 Å². The van der Waals surface area contributed by atoms with Crippen molar-refractivity contribution in [2.75, 3.05) is 12.3 Å². The number of hydrogen-bond donors (Lipinski definition) is 2. The number of nitrogen functional groups attached to an aromatic ring is 1. The lowest BCUT2D eigenvalue weighted by Gasteiger charge is -2.05. The van der Waals surface area contributed by atoms with E-state index < -0.39 is 0 Å². The van der Waals surface area contributed by atoms with Gasteiger partial charge in [-0.25, -0.2) is 0 Å². The molecule has 2 aromatic rings. The summed E-state index contributed by atoms with van der Waals surface area (Å²) in [6, 6.07) is 4.06. The molecule has 108 valence electrons. The van der Waals surface area contributed by atoms with Gasteiger partial charge in [-0.1, -0.05) is 6.92 Å². The van der Waals surface area contributed by atoms with Crippen molar-refractivity contribution in [1.82, 2.24) is 15.1 Å². The minimum absolute atomic E-state index is 0.173. The second-order valence-electron chi connectivity index (χ2n) is 4.40. The Morgan fingerprint density at radius 2 is 2.30 bits per heavy atom. The maximum absolute atomic E-state index is 12.2. The van der Waals surface area contributed by atoms with Crippen molar-refractivity contribution in [2.24, 2.45) is 7.05 Å². The predicted molar refractivity (Wildman–Crippen MR) is 85.1 cm³/mol. The predicted octanol–water partition coefficient (Wildman–Crippen LogP) is 2.36. The highest BCUT2D eigenvalue weighted by atomic mass is 79.9. The number of carbonyl (C=O) groups excluding carboxylic acids is 1. The average molecular weight is 357 g/mol. The molecule has 7 heteroatoms. The first-order valence-electron chi connectivity index (χ1n) is 6.36. The van der Waals surface area contributed by atoms with Crippen LogP contribution in [0.3, 0.4) is 0 Å². The maximum Gasteiger partial charge on any atom is 0.271 e. The molecule has 0 spiro atoms. The van der Waals surface area contributed by atoms with Crippen molar-refractivity contribution in [3.63, 3.8) is 0 Å². The lowest BCUT2D eigenvalue weighted by Crippen LogP contribution is -2.28. The lowest BCUT2D eigenvalue weighted by atomic mass is 10.2. The summed E-state index contributed by atoms with van der Waals surface area (Å²) < 4.78 is 2.65. The molecule has 0 aliphatic rings. The number of halogens is 1. The molecule has 0 radical (unpaired) electrons. The van der Waals surface area contributed by atoms with Gasteiger partial charge in [0.25, 0.3) is 5.91 Å². The number of nitrogens with zero attached hydrogens (tertiary/aromatic N) is 2.